The van der Waals surface area contributed by atoms with Gasteiger partial charge in [0.1, 0.15) is 0 Å². The summed E-state index contributed by atoms with van der Waals surface area (Å²) in [4.78, 5) is 34.6. The molecule has 0 bridgehead atoms. The molecule has 22 heavy (non-hydrogen) atoms. The topological polar surface area (TPSA) is 86.5 Å². The molecule has 0 spiro atoms. The van der Waals surface area contributed by atoms with E-state index in [2.05, 4.69) is 0 Å². The number of nitro benzene ring substituents is 1. The van der Waals surface area contributed by atoms with Gasteiger partial charge in [-0.1, -0.05) is 24.3 Å². The van der Waals surface area contributed by atoms with E-state index in [4.69, 9.17) is 4.74 Å². The van der Waals surface area contributed by atoms with Crippen molar-refractivity contribution >= 4 is 39.2 Å². The molecule has 3 aromatic carbocycles. The number of rotatable bonds is 1. The molecule has 1 heterocycles. The van der Waals surface area contributed by atoms with Crippen LogP contribution in [0.5, 0.6) is 0 Å². The number of fused-ring (bicyclic) bond motifs is 2. The Morgan fingerprint density at radius 1 is 0.909 bits per heavy atom. The number of hydrogen-bond donors (Lipinski definition) is 0. The molecule has 0 unspecified atom stereocenters. The van der Waals surface area contributed by atoms with Crippen LogP contribution in [0.2, 0.25) is 0 Å². The van der Waals surface area contributed by atoms with Crippen LogP contribution in [-0.4, -0.2) is 16.9 Å². The summed E-state index contributed by atoms with van der Waals surface area (Å²) in [5.74, 6) is -1.47. The predicted molar refractivity (Wildman–Crippen MR) is 77.9 cm³/mol. The fourth-order valence-corrected chi connectivity index (χ4v) is 2.93. The van der Waals surface area contributed by atoms with Crippen LogP contribution in [0.25, 0.3) is 21.5 Å². The van der Waals surface area contributed by atoms with Crippen LogP contribution in [0, 0.1) is 10.1 Å². The first-order valence-corrected chi connectivity index (χ1v) is 6.47. The van der Waals surface area contributed by atoms with Crippen molar-refractivity contribution in [2.24, 2.45) is 0 Å². The van der Waals surface area contributed by atoms with Gasteiger partial charge in [-0.2, -0.15) is 0 Å². The van der Waals surface area contributed by atoms with Gasteiger partial charge < -0.3 is 4.74 Å². The third kappa shape index (κ3) is 1.49. The smallest absolute Gasteiger partial charge is 0.346 e. The van der Waals surface area contributed by atoms with E-state index < -0.39 is 16.9 Å². The third-order valence-electron chi connectivity index (χ3n) is 3.80. The molecule has 4 rings (SSSR count). The quantitative estimate of drug-likeness (QED) is 0.226. The van der Waals surface area contributed by atoms with E-state index in [9.17, 15) is 19.7 Å². The fourth-order valence-electron chi connectivity index (χ4n) is 2.93. The molecule has 1 aliphatic rings. The summed E-state index contributed by atoms with van der Waals surface area (Å²) in [5, 5.41) is 13.2. The van der Waals surface area contributed by atoms with Crippen molar-refractivity contribution in [2.45, 2.75) is 0 Å². The number of carbonyl (C=O) groups excluding carboxylic acids is 2. The predicted octanol–water partition coefficient (Wildman–Crippen LogP) is 3.21. The monoisotopic (exact) mass is 293 g/mol. The van der Waals surface area contributed by atoms with Gasteiger partial charge in [0.15, 0.2) is 0 Å². The highest BCUT2D eigenvalue weighted by atomic mass is 16.6. The highest BCUT2D eigenvalue weighted by Crippen LogP contribution is 2.38. The molecule has 106 valence electrons. The maximum atomic E-state index is 12.0. The Labute approximate surface area is 123 Å². The lowest BCUT2D eigenvalue weighted by molar-refractivity contribution is -0.383. The number of nitro groups is 1. The molecule has 6 heteroatoms. The minimum atomic E-state index is -0.735. The zero-order valence-electron chi connectivity index (χ0n) is 11.0. The van der Waals surface area contributed by atoms with Crippen molar-refractivity contribution < 1.29 is 19.2 Å². The summed E-state index contributed by atoms with van der Waals surface area (Å²) in [6.45, 7) is 0. The molecule has 1 aliphatic heterocycles. The van der Waals surface area contributed by atoms with E-state index in [1.54, 1.807) is 30.3 Å². The highest BCUT2D eigenvalue weighted by molar-refractivity contribution is 6.27. The number of benzene rings is 3. The summed E-state index contributed by atoms with van der Waals surface area (Å²) in [5.41, 5.74) is 0.429. The van der Waals surface area contributed by atoms with Crippen molar-refractivity contribution in [1.82, 2.24) is 0 Å². The van der Waals surface area contributed by atoms with Gasteiger partial charge in [-0.3, -0.25) is 10.1 Å². The Kier molecular flexibility index (Phi) is 2.33. The Bertz CT molecular complexity index is 1020. The average molecular weight is 293 g/mol. The lowest BCUT2D eigenvalue weighted by Crippen LogP contribution is -2.19. The number of esters is 2. The molecular formula is C16H7NO5. The number of cyclic esters (lactones) is 2. The maximum absolute atomic E-state index is 12.0. The van der Waals surface area contributed by atoms with Crippen LogP contribution in [0.4, 0.5) is 5.69 Å². The van der Waals surface area contributed by atoms with E-state index in [1.807, 2.05) is 0 Å². The van der Waals surface area contributed by atoms with E-state index in [-0.39, 0.29) is 16.8 Å². The standard InChI is InChI=1S/C16H7NO5/c18-15-10-5-2-4-9-13-8(3-1-6-12(13)17(20)21)7-11(14(9)10)16(19)22-15/h1-7H. The van der Waals surface area contributed by atoms with Gasteiger partial charge >= 0.3 is 11.9 Å². The minimum Gasteiger partial charge on any atom is -0.386 e. The van der Waals surface area contributed by atoms with E-state index in [0.717, 1.165) is 0 Å². The first-order chi connectivity index (χ1) is 10.6. The van der Waals surface area contributed by atoms with Crippen molar-refractivity contribution in [3.8, 4) is 0 Å². The second kappa shape index (κ2) is 4.11. The molecule has 0 radical (unpaired) electrons. The van der Waals surface area contributed by atoms with Gasteiger partial charge in [-0.15, -0.1) is 0 Å². The number of non-ortho nitro benzene ring substituents is 1. The zero-order chi connectivity index (χ0) is 15.4. The van der Waals surface area contributed by atoms with Crippen molar-refractivity contribution in [2.75, 3.05) is 0 Å². The molecule has 0 aromatic heterocycles. The normalized spacial score (nSPS) is 13.5. The van der Waals surface area contributed by atoms with Crippen molar-refractivity contribution in [3.63, 3.8) is 0 Å². The lowest BCUT2D eigenvalue weighted by atomic mass is 9.92. The van der Waals surface area contributed by atoms with Gasteiger partial charge in [-0.05, 0) is 22.9 Å². The van der Waals surface area contributed by atoms with Crippen LogP contribution >= 0.6 is 0 Å². The molecule has 3 aromatic rings. The first kappa shape index (κ1) is 12.5. The van der Waals surface area contributed by atoms with Gasteiger partial charge in [0.25, 0.3) is 5.69 Å². The van der Waals surface area contributed by atoms with Gasteiger partial charge in [0.05, 0.1) is 21.4 Å². The summed E-state index contributed by atoms with van der Waals surface area (Å²) in [6, 6.07) is 11.0. The second-order valence-corrected chi connectivity index (χ2v) is 4.96. The Morgan fingerprint density at radius 2 is 1.64 bits per heavy atom. The van der Waals surface area contributed by atoms with Gasteiger partial charge in [0.2, 0.25) is 0 Å². The number of ether oxygens (including phenoxy) is 1. The Morgan fingerprint density at radius 3 is 2.41 bits per heavy atom. The molecule has 0 aliphatic carbocycles. The molecule has 0 saturated heterocycles. The molecule has 0 amide bonds. The van der Waals surface area contributed by atoms with Crippen LogP contribution in [0.3, 0.4) is 0 Å². The second-order valence-electron chi connectivity index (χ2n) is 4.96. The summed E-state index contributed by atoms with van der Waals surface area (Å²) >= 11 is 0. The first-order valence-electron chi connectivity index (χ1n) is 6.47. The van der Waals surface area contributed by atoms with E-state index >= 15 is 0 Å². The number of carbonyl (C=O) groups is 2. The number of hydrogen-bond acceptors (Lipinski definition) is 5. The van der Waals surface area contributed by atoms with Crippen LogP contribution < -0.4 is 0 Å². The summed E-state index contributed by atoms with van der Waals surface area (Å²) < 4.78 is 4.72. The van der Waals surface area contributed by atoms with Crippen LogP contribution in [-0.2, 0) is 4.74 Å². The minimum absolute atomic E-state index is 0.0624. The van der Waals surface area contributed by atoms with Crippen molar-refractivity contribution in [3.05, 3.63) is 63.7 Å². The molecular weight excluding hydrogens is 286 g/mol. The average Bonchev–Trinajstić information content (AvgIpc) is 2.51. The Hall–Kier alpha value is -3.28. The zero-order valence-corrected chi connectivity index (χ0v) is 11.0. The lowest BCUT2D eigenvalue weighted by Gasteiger charge is -2.16. The van der Waals surface area contributed by atoms with Gasteiger partial charge in [-0.25, -0.2) is 9.59 Å². The maximum Gasteiger partial charge on any atom is 0.346 e. The highest BCUT2D eigenvalue weighted by Gasteiger charge is 2.29. The molecule has 0 fully saturated rings. The van der Waals surface area contributed by atoms with E-state index in [0.29, 0.717) is 21.5 Å². The number of nitrogens with zero attached hydrogens (tertiary/aromatic N) is 1. The third-order valence-corrected chi connectivity index (χ3v) is 3.80. The van der Waals surface area contributed by atoms with Gasteiger partial charge in [0, 0.05) is 11.5 Å². The van der Waals surface area contributed by atoms with Crippen LogP contribution in [0.1, 0.15) is 20.7 Å². The Balaban J connectivity index is 2.32. The van der Waals surface area contributed by atoms with Crippen molar-refractivity contribution in [1.29, 1.82) is 0 Å². The van der Waals surface area contributed by atoms with E-state index in [1.165, 1.54) is 12.1 Å². The SMILES string of the molecule is O=C1OC(=O)c2cc3cccc([N+](=O)[O-])c3c3cccc1c23. The van der Waals surface area contributed by atoms with Crippen LogP contribution in [0.15, 0.2) is 42.5 Å². The molecule has 0 N–H and O–H groups in total. The summed E-state index contributed by atoms with van der Waals surface area (Å²) in [7, 11) is 0. The molecule has 0 atom stereocenters. The summed E-state index contributed by atoms with van der Waals surface area (Å²) in [6.07, 6.45) is 0. The largest absolute Gasteiger partial charge is 0.386 e. The molecule has 0 saturated carbocycles. The fraction of sp³-hybridized carbons (Fsp3) is 0. The molecule has 6 nitrogen and oxygen atoms in total.